The fraction of sp³-hybridized carbons (Fsp3) is 0.474. The van der Waals surface area contributed by atoms with Gasteiger partial charge >= 0.3 is 0 Å². The average molecular weight is 406 g/mol. The number of imide groups is 2. The zero-order chi connectivity index (χ0) is 21.1. The number of amides is 4. The summed E-state index contributed by atoms with van der Waals surface area (Å²) in [7, 11) is -2.48. The molecule has 7 nitrogen and oxygen atoms in total. The van der Waals surface area contributed by atoms with Crippen LogP contribution < -0.4 is 5.32 Å². The van der Waals surface area contributed by atoms with E-state index in [4.69, 9.17) is 4.43 Å². The molecule has 1 N–H and O–H groups in total. The number of hydrogen-bond donors (Lipinski definition) is 1. The summed E-state index contributed by atoms with van der Waals surface area (Å²) in [6, 6.07) is 5.89. The van der Waals surface area contributed by atoms with E-state index in [0.29, 0.717) is 4.90 Å². The van der Waals surface area contributed by atoms with Gasteiger partial charge in [-0.25, -0.2) is 9.29 Å². The highest BCUT2D eigenvalue weighted by molar-refractivity contribution is 6.74. The van der Waals surface area contributed by atoms with Crippen LogP contribution in [0.2, 0.25) is 18.1 Å². The Balaban J connectivity index is 1.95. The highest BCUT2D eigenvalue weighted by atomic mass is 28.4. The summed E-state index contributed by atoms with van der Waals surface area (Å²) in [5.74, 6) is -6.91. The second-order valence-corrected chi connectivity index (χ2v) is 13.4. The van der Waals surface area contributed by atoms with Crippen LogP contribution in [0.5, 0.6) is 0 Å². The third-order valence-corrected chi connectivity index (χ3v) is 10.2. The maximum Gasteiger partial charge on any atom is 0.286 e. The number of nitrogens with zero attached hydrogens (tertiary/aromatic N) is 1. The number of fused-ring (bicyclic) bond motifs is 1. The number of halogens is 1. The molecule has 0 bridgehead atoms. The van der Waals surface area contributed by atoms with Crippen molar-refractivity contribution in [3.8, 4) is 0 Å². The van der Waals surface area contributed by atoms with Gasteiger partial charge in [-0.3, -0.25) is 24.5 Å². The van der Waals surface area contributed by atoms with Crippen LogP contribution in [0.3, 0.4) is 0 Å². The van der Waals surface area contributed by atoms with Crippen molar-refractivity contribution in [2.24, 2.45) is 0 Å². The van der Waals surface area contributed by atoms with Crippen molar-refractivity contribution >= 4 is 31.9 Å². The van der Waals surface area contributed by atoms with Crippen LogP contribution in [0.1, 0.15) is 47.9 Å². The lowest BCUT2D eigenvalue weighted by Crippen LogP contribution is -2.67. The molecular weight excluding hydrogens is 383 g/mol. The van der Waals surface area contributed by atoms with Gasteiger partial charge in [-0.2, -0.15) is 0 Å². The fourth-order valence-corrected chi connectivity index (χ4v) is 4.31. The van der Waals surface area contributed by atoms with Gasteiger partial charge in [0.25, 0.3) is 29.4 Å². The van der Waals surface area contributed by atoms with Gasteiger partial charge in [-0.15, -0.1) is 0 Å². The van der Waals surface area contributed by atoms with Crippen LogP contribution in [0.25, 0.3) is 0 Å². The van der Waals surface area contributed by atoms with Crippen LogP contribution in [-0.2, 0) is 14.0 Å². The molecule has 0 saturated carbocycles. The Kier molecular flexibility index (Phi) is 4.59. The summed E-state index contributed by atoms with van der Waals surface area (Å²) in [6.45, 7) is 9.64. The quantitative estimate of drug-likeness (QED) is 0.473. The van der Waals surface area contributed by atoms with E-state index >= 15 is 4.39 Å². The number of carbonyl (C=O) groups is 4. The highest BCUT2D eigenvalue weighted by Gasteiger charge is 2.60. The second kappa shape index (κ2) is 6.31. The predicted molar refractivity (Wildman–Crippen MR) is 101 cm³/mol. The third kappa shape index (κ3) is 2.98. The first-order chi connectivity index (χ1) is 12.8. The Hall–Kier alpha value is -2.39. The van der Waals surface area contributed by atoms with E-state index in [-0.39, 0.29) is 16.2 Å². The maximum atomic E-state index is 15.9. The Morgan fingerprint density at radius 3 is 2.07 bits per heavy atom. The van der Waals surface area contributed by atoms with E-state index in [1.807, 2.05) is 39.2 Å². The van der Waals surface area contributed by atoms with Gasteiger partial charge in [0.1, 0.15) is 6.10 Å². The molecule has 28 heavy (non-hydrogen) atoms. The number of rotatable bonds is 3. The SMILES string of the molecule is CC(C)(C)[Si](C)(C)O[C@@H]1C[C@](F)(N2C(=O)c3ccccc3C2=O)C(=O)NC1=O. The fourth-order valence-electron chi connectivity index (χ4n) is 3.05. The number of hydrogen-bond acceptors (Lipinski definition) is 5. The molecule has 0 aromatic heterocycles. The molecule has 1 aromatic carbocycles. The van der Waals surface area contributed by atoms with Crippen LogP contribution >= 0.6 is 0 Å². The molecule has 2 heterocycles. The summed E-state index contributed by atoms with van der Waals surface area (Å²) < 4.78 is 21.9. The molecule has 2 atom stereocenters. The smallest absolute Gasteiger partial charge is 0.286 e. The molecule has 4 amide bonds. The van der Waals surface area contributed by atoms with E-state index in [1.54, 1.807) is 12.1 Å². The molecule has 1 aromatic rings. The topological polar surface area (TPSA) is 92.8 Å². The van der Waals surface area contributed by atoms with Crippen LogP contribution in [0, 0.1) is 0 Å². The van der Waals surface area contributed by atoms with Crippen molar-refractivity contribution in [2.45, 2.75) is 57.2 Å². The number of nitrogens with one attached hydrogen (secondary N) is 1. The largest absolute Gasteiger partial charge is 0.405 e. The van der Waals surface area contributed by atoms with E-state index in [2.05, 4.69) is 0 Å². The minimum absolute atomic E-state index is 0.0242. The summed E-state index contributed by atoms with van der Waals surface area (Å²) in [4.78, 5) is 50.3. The first-order valence-electron chi connectivity index (χ1n) is 8.99. The van der Waals surface area contributed by atoms with Crippen molar-refractivity contribution in [1.29, 1.82) is 0 Å². The Morgan fingerprint density at radius 2 is 1.61 bits per heavy atom. The maximum absolute atomic E-state index is 15.9. The van der Waals surface area contributed by atoms with Crippen molar-refractivity contribution in [1.82, 2.24) is 10.2 Å². The molecule has 2 aliphatic rings. The summed E-state index contributed by atoms with van der Waals surface area (Å²) in [5.41, 5.74) is 0.0483. The molecule has 1 fully saturated rings. The lowest BCUT2D eigenvalue weighted by atomic mass is 9.99. The van der Waals surface area contributed by atoms with Crippen LogP contribution in [0.15, 0.2) is 24.3 Å². The summed E-state index contributed by atoms with van der Waals surface area (Å²) in [5, 5.41) is 1.68. The second-order valence-electron chi connectivity index (χ2n) is 8.64. The Bertz CT molecular complexity index is 860. The van der Waals surface area contributed by atoms with E-state index in [1.165, 1.54) is 12.1 Å². The minimum Gasteiger partial charge on any atom is -0.405 e. The van der Waals surface area contributed by atoms with Gasteiger partial charge in [-0.1, -0.05) is 32.9 Å². The molecule has 0 unspecified atom stereocenters. The number of piperidine rings is 1. The normalized spacial score (nSPS) is 25.8. The lowest BCUT2D eigenvalue weighted by molar-refractivity contribution is -0.159. The zero-order valence-corrected chi connectivity index (χ0v) is 17.5. The van der Waals surface area contributed by atoms with Crippen molar-refractivity contribution in [3.05, 3.63) is 35.4 Å². The van der Waals surface area contributed by atoms with E-state index in [9.17, 15) is 19.2 Å². The molecular formula is C19H23FN2O5Si. The molecule has 0 aliphatic carbocycles. The van der Waals surface area contributed by atoms with Crippen molar-refractivity contribution < 1.29 is 28.0 Å². The molecule has 1 saturated heterocycles. The van der Waals surface area contributed by atoms with Crippen molar-refractivity contribution in [2.75, 3.05) is 0 Å². The summed E-state index contributed by atoms with van der Waals surface area (Å²) in [6.07, 6.45) is -2.01. The van der Waals surface area contributed by atoms with E-state index < -0.39 is 50.3 Å². The lowest BCUT2D eigenvalue weighted by Gasteiger charge is -2.43. The number of benzene rings is 1. The molecule has 0 spiro atoms. The van der Waals surface area contributed by atoms with Gasteiger partial charge in [0.2, 0.25) is 0 Å². The standard InChI is InChI=1S/C19H23FN2O5Si/c1-18(2,3)28(4,5)27-13-10-19(20,17(26)21-14(13)23)22-15(24)11-8-6-7-9-12(11)16(22)25/h6-9,13H,10H2,1-5H3,(H,21,23,26)/t13-,19+/m1/s1. The van der Waals surface area contributed by atoms with Gasteiger partial charge in [0.15, 0.2) is 8.32 Å². The highest BCUT2D eigenvalue weighted by Crippen LogP contribution is 2.41. The van der Waals surface area contributed by atoms with Gasteiger partial charge < -0.3 is 4.43 Å². The molecule has 2 aliphatic heterocycles. The minimum atomic E-state index is -3.01. The predicted octanol–water partition coefficient (Wildman–Crippen LogP) is 2.39. The number of carbonyl (C=O) groups excluding carboxylic acids is 4. The number of alkyl halides is 1. The zero-order valence-electron chi connectivity index (χ0n) is 16.5. The molecule has 0 radical (unpaired) electrons. The van der Waals surface area contributed by atoms with Gasteiger partial charge in [0, 0.05) is 6.42 Å². The third-order valence-electron chi connectivity index (χ3n) is 5.72. The van der Waals surface area contributed by atoms with Crippen LogP contribution in [-0.4, -0.2) is 48.7 Å². The molecule has 150 valence electrons. The molecule has 9 heteroatoms. The van der Waals surface area contributed by atoms with E-state index in [0.717, 1.165) is 0 Å². The van der Waals surface area contributed by atoms with Gasteiger partial charge in [-0.05, 0) is 30.3 Å². The van der Waals surface area contributed by atoms with Crippen molar-refractivity contribution in [3.63, 3.8) is 0 Å². The average Bonchev–Trinajstić information content (AvgIpc) is 2.83. The van der Waals surface area contributed by atoms with Gasteiger partial charge in [0.05, 0.1) is 11.1 Å². The molecule has 3 rings (SSSR count). The monoisotopic (exact) mass is 406 g/mol. The first-order valence-corrected chi connectivity index (χ1v) is 11.9. The Morgan fingerprint density at radius 1 is 1.11 bits per heavy atom. The van der Waals surface area contributed by atoms with Crippen LogP contribution in [0.4, 0.5) is 4.39 Å². The first kappa shape index (κ1) is 20.3. The summed E-state index contributed by atoms with van der Waals surface area (Å²) >= 11 is 0. The Labute approximate surface area is 163 Å².